The Labute approximate surface area is 85.0 Å². The second-order valence-corrected chi connectivity index (χ2v) is 3.32. The molecule has 0 unspecified atom stereocenters. The average Bonchev–Trinajstić information content (AvgIpc) is 2.37. The summed E-state index contributed by atoms with van der Waals surface area (Å²) in [6, 6.07) is 1.08. The molecule has 1 heterocycles. The van der Waals surface area contributed by atoms with Gasteiger partial charge in [-0.05, 0) is 6.92 Å². The summed E-state index contributed by atoms with van der Waals surface area (Å²) in [6.45, 7) is 1.43. The van der Waals surface area contributed by atoms with E-state index in [0.717, 1.165) is 6.07 Å². The summed E-state index contributed by atoms with van der Waals surface area (Å²) >= 11 is 0. The van der Waals surface area contributed by atoms with Crippen molar-refractivity contribution in [2.45, 2.75) is 13.3 Å². The van der Waals surface area contributed by atoms with Gasteiger partial charge in [-0.25, -0.2) is 8.78 Å². The molecule has 0 aliphatic carbocycles. The van der Waals surface area contributed by atoms with E-state index in [4.69, 9.17) is 4.74 Å². The molecule has 3 nitrogen and oxygen atoms in total. The van der Waals surface area contributed by atoms with E-state index in [1.165, 1.54) is 6.92 Å². The number of benzene rings is 1. The molecule has 1 aromatic rings. The number of hydrogen-bond donors (Lipinski definition) is 1. The van der Waals surface area contributed by atoms with Gasteiger partial charge in [-0.15, -0.1) is 0 Å². The minimum absolute atomic E-state index is 0.0430. The molecular weight excluding hydrogens is 204 g/mol. The van der Waals surface area contributed by atoms with E-state index >= 15 is 0 Å². The molecule has 2 rings (SSSR count). The molecule has 0 atom stereocenters. The summed E-state index contributed by atoms with van der Waals surface area (Å²) in [7, 11) is 0. The van der Waals surface area contributed by atoms with Crippen LogP contribution >= 0.6 is 0 Å². The third kappa shape index (κ3) is 1.65. The van der Waals surface area contributed by atoms with Crippen molar-refractivity contribution in [1.29, 1.82) is 0 Å². The molecule has 15 heavy (non-hydrogen) atoms. The Bertz CT molecular complexity index is 432. The highest BCUT2D eigenvalue weighted by Gasteiger charge is 2.21. The highest BCUT2D eigenvalue weighted by molar-refractivity contribution is 5.93. The van der Waals surface area contributed by atoms with Gasteiger partial charge in [-0.2, -0.15) is 0 Å². The summed E-state index contributed by atoms with van der Waals surface area (Å²) < 4.78 is 31.8. The molecule has 1 aromatic carbocycles. The number of nitrogens with one attached hydrogen (secondary N) is 1. The Morgan fingerprint density at radius 2 is 2.20 bits per heavy atom. The third-order valence-electron chi connectivity index (χ3n) is 2.26. The number of anilines is 1. The van der Waals surface area contributed by atoms with Gasteiger partial charge in [0.1, 0.15) is 17.3 Å². The second-order valence-electron chi connectivity index (χ2n) is 3.32. The number of amides is 1. The van der Waals surface area contributed by atoms with Crippen molar-refractivity contribution >= 4 is 11.6 Å². The normalized spacial score (nSPS) is 15.0. The summed E-state index contributed by atoms with van der Waals surface area (Å²) in [5.74, 6) is -1.75. The van der Waals surface area contributed by atoms with Crippen molar-refractivity contribution in [2.75, 3.05) is 11.9 Å². The fourth-order valence-corrected chi connectivity index (χ4v) is 1.38. The Kier molecular flexibility index (Phi) is 2.30. The molecule has 0 saturated carbocycles. The van der Waals surface area contributed by atoms with Crippen LogP contribution in [0.2, 0.25) is 0 Å². The maximum atomic E-state index is 13.6. The Morgan fingerprint density at radius 3 is 2.93 bits per heavy atom. The van der Waals surface area contributed by atoms with E-state index < -0.39 is 11.6 Å². The van der Waals surface area contributed by atoms with Crippen LogP contribution in [0.4, 0.5) is 14.5 Å². The molecule has 1 amide bonds. The van der Waals surface area contributed by atoms with Crippen molar-refractivity contribution in [1.82, 2.24) is 0 Å². The van der Waals surface area contributed by atoms with Crippen LogP contribution in [-0.4, -0.2) is 12.5 Å². The highest BCUT2D eigenvalue weighted by Crippen LogP contribution is 2.33. The standard InChI is InChI=1S/C10H9F2NO2/c1-5-6(11)4-7-10(9(5)12)13-8(14)2-3-15-7/h4H,2-3H2,1H3,(H,13,14). The Balaban J connectivity index is 2.58. The van der Waals surface area contributed by atoms with E-state index in [1.54, 1.807) is 0 Å². The molecule has 0 radical (unpaired) electrons. The first kappa shape index (κ1) is 9.89. The van der Waals surface area contributed by atoms with E-state index in [-0.39, 0.29) is 35.9 Å². The molecule has 1 aliphatic rings. The lowest BCUT2D eigenvalue weighted by molar-refractivity contribution is -0.116. The smallest absolute Gasteiger partial charge is 0.227 e. The zero-order valence-corrected chi connectivity index (χ0v) is 8.06. The van der Waals surface area contributed by atoms with Crippen LogP contribution in [0.15, 0.2) is 6.07 Å². The van der Waals surface area contributed by atoms with Crippen LogP contribution in [0.3, 0.4) is 0 Å². The highest BCUT2D eigenvalue weighted by atomic mass is 19.1. The topological polar surface area (TPSA) is 38.3 Å². The second kappa shape index (κ2) is 3.49. The van der Waals surface area contributed by atoms with Crippen molar-refractivity contribution in [3.8, 4) is 5.75 Å². The molecule has 1 aliphatic heterocycles. The summed E-state index contributed by atoms with van der Waals surface area (Å²) in [4.78, 5) is 11.1. The molecule has 0 bridgehead atoms. The van der Waals surface area contributed by atoms with Gasteiger partial charge in [0.05, 0.1) is 13.0 Å². The predicted molar refractivity (Wildman–Crippen MR) is 49.8 cm³/mol. The largest absolute Gasteiger partial charge is 0.491 e. The van der Waals surface area contributed by atoms with Gasteiger partial charge in [0.2, 0.25) is 5.91 Å². The lowest BCUT2D eigenvalue weighted by Crippen LogP contribution is -2.11. The van der Waals surface area contributed by atoms with Gasteiger partial charge in [-0.1, -0.05) is 0 Å². The average molecular weight is 213 g/mol. The first-order valence-corrected chi connectivity index (χ1v) is 4.51. The van der Waals surface area contributed by atoms with Gasteiger partial charge in [0.15, 0.2) is 5.82 Å². The van der Waals surface area contributed by atoms with Gasteiger partial charge in [-0.3, -0.25) is 4.79 Å². The molecule has 1 N–H and O–H groups in total. The zero-order chi connectivity index (χ0) is 11.0. The predicted octanol–water partition coefficient (Wildman–Crippen LogP) is 1.99. The zero-order valence-electron chi connectivity index (χ0n) is 8.06. The summed E-state index contributed by atoms with van der Waals surface area (Å²) in [6.07, 6.45) is 0.134. The molecule has 0 fully saturated rings. The van der Waals surface area contributed by atoms with Crippen LogP contribution in [0.5, 0.6) is 5.75 Å². The maximum Gasteiger partial charge on any atom is 0.227 e. The molecule has 0 spiro atoms. The van der Waals surface area contributed by atoms with Gasteiger partial charge < -0.3 is 10.1 Å². The number of rotatable bonds is 0. The number of ether oxygens (including phenoxy) is 1. The van der Waals surface area contributed by atoms with Crippen molar-refractivity contribution in [2.24, 2.45) is 0 Å². The van der Waals surface area contributed by atoms with Crippen molar-refractivity contribution in [3.05, 3.63) is 23.3 Å². The maximum absolute atomic E-state index is 13.6. The number of carbonyl (C=O) groups is 1. The van der Waals surface area contributed by atoms with Crippen LogP contribution < -0.4 is 10.1 Å². The van der Waals surface area contributed by atoms with Crippen LogP contribution in [-0.2, 0) is 4.79 Å². The number of fused-ring (bicyclic) bond motifs is 1. The first-order valence-electron chi connectivity index (χ1n) is 4.51. The van der Waals surface area contributed by atoms with Crippen molar-refractivity contribution in [3.63, 3.8) is 0 Å². The molecular formula is C10H9F2NO2. The Hall–Kier alpha value is -1.65. The monoisotopic (exact) mass is 213 g/mol. The number of hydrogen-bond acceptors (Lipinski definition) is 2. The van der Waals surface area contributed by atoms with Gasteiger partial charge in [0.25, 0.3) is 0 Å². The van der Waals surface area contributed by atoms with Crippen LogP contribution in [0.25, 0.3) is 0 Å². The SMILES string of the molecule is Cc1c(F)cc2c(c1F)NC(=O)CCO2. The third-order valence-corrected chi connectivity index (χ3v) is 2.26. The van der Waals surface area contributed by atoms with E-state index in [1.807, 2.05) is 0 Å². The molecule has 5 heteroatoms. The lowest BCUT2D eigenvalue weighted by Gasteiger charge is -2.10. The lowest BCUT2D eigenvalue weighted by atomic mass is 10.1. The van der Waals surface area contributed by atoms with Crippen LogP contribution in [0, 0.1) is 18.6 Å². The molecule has 0 aromatic heterocycles. The first-order chi connectivity index (χ1) is 7.09. The number of halogens is 2. The Morgan fingerprint density at radius 1 is 1.47 bits per heavy atom. The van der Waals surface area contributed by atoms with E-state index in [0.29, 0.717) is 0 Å². The van der Waals surface area contributed by atoms with Gasteiger partial charge >= 0.3 is 0 Å². The minimum Gasteiger partial charge on any atom is -0.491 e. The van der Waals surface area contributed by atoms with Gasteiger partial charge in [0, 0.05) is 11.6 Å². The quantitative estimate of drug-likeness (QED) is 0.715. The fraction of sp³-hybridized carbons (Fsp3) is 0.300. The number of carbonyl (C=O) groups excluding carboxylic acids is 1. The van der Waals surface area contributed by atoms with Crippen molar-refractivity contribution < 1.29 is 18.3 Å². The summed E-state index contributed by atoms with van der Waals surface area (Å²) in [5, 5.41) is 2.35. The minimum atomic E-state index is -0.778. The molecule has 80 valence electrons. The van der Waals surface area contributed by atoms with E-state index in [9.17, 15) is 13.6 Å². The summed E-state index contributed by atoms with van der Waals surface area (Å²) in [5.41, 5.74) is -0.198. The van der Waals surface area contributed by atoms with E-state index in [2.05, 4.69) is 5.32 Å². The molecule has 0 saturated heterocycles. The fourth-order valence-electron chi connectivity index (χ4n) is 1.38. The van der Waals surface area contributed by atoms with Crippen LogP contribution in [0.1, 0.15) is 12.0 Å².